The molecule has 1 fully saturated rings. The van der Waals surface area contributed by atoms with Crippen molar-refractivity contribution in [1.29, 1.82) is 0 Å². The summed E-state index contributed by atoms with van der Waals surface area (Å²) in [4.78, 5) is 29.5. The number of piperazine rings is 1. The fourth-order valence-corrected chi connectivity index (χ4v) is 4.73. The molecule has 1 aliphatic heterocycles. The summed E-state index contributed by atoms with van der Waals surface area (Å²) < 4.78 is 0.866. The highest BCUT2D eigenvalue weighted by Gasteiger charge is 2.23. The second kappa shape index (κ2) is 11.0. The lowest BCUT2D eigenvalue weighted by atomic mass is 10.1. The number of nitrogens with zero attached hydrogens (tertiary/aromatic N) is 2. The molecule has 3 aromatic carbocycles. The summed E-state index contributed by atoms with van der Waals surface area (Å²) in [5.74, 6) is -0.143. The van der Waals surface area contributed by atoms with Crippen molar-refractivity contribution < 1.29 is 9.59 Å². The molecule has 1 aliphatic rings. The van der Waals surface area contributed by atoms with E-state index in [1.165, 1.54) is 0 Å². The molecular weight excluding hydrogens is 559 g/mol. The molecule has 2 N–H and O–H groups in total. The van der Waals surface area contributed by atoms with E-state index in [-0.39, 0.29) is 16.9 Å². The minimum atomic E-state index is -0.239. The number of amides is 2. The van der Waals surface area contributed by atoms with Gasteiger partial charge < -0.3 is 15.1 Å². The van der Waals surface area contributed by atoms with Gasteiger partial charge in [-0.2, -0.15) is 0 Å². The zero-order valence-corrected chi connectivity index (χ0v) is 21.7. The second-order valence-electron chi connectivity index (χ2n) is 8.03. The number of anilines is 2. The van der Waals surface area contributed by atoms with Gasteiger partial charge in [0.1, 0.15) is 0 Å². The largest absolute Gasteiger partial charge is 0.368 e. The molecule has 0 spiro atoms. The summed E-state index contributed by atoms with van der Waals surface area (Å²) in [6.07, 6.45) is 0. The van der Waals surface area contributed by atoms with Gasteiger partial charge in [0.2, 0.25) is 0 Å². The van der Waals surface area contributed by atoms with Crippen LogP contribution in [0, 0.1) is 10.5 Å². The maximum atomic E-state index is 12.9. The van der Waals surface area contributed by atoms with Crippen molar-refractivity contribution in [2.24, 2.45) is 0 Å². The molecule has 8 heteroatoms. The van der Waals surface area contributed by atoms with Crippen LogP contribution in [0.3, 0.4) is 0 Å². The number of hydrogen-bond acceptors (Lipinski definition) is 4. The lowest BCUT2D eigenvalue weighted by Crippen LogP contribution is -2.48. The van der Waals surface area contributed by atoms with Crippen LogP contribution < -0.4 is 15.5 Å². The van der Waals surface area contributed by atoms with E-state index in [1.807, 2.05) is 78.6 Å². The van der Waals surface area contributed by atoms with Gasteiger partial charge in [-0.1, -0.05) is 30.3 Å². The van der Waals surface area contributed by atoms with Gasteiger partial charge in [-0.3, -0.25) is 14.9 Å². The number of carbonyl (C=O) groups excluding carboxylic acids is 2. The third kappa shape index (κ3) is 5.74. The van der Waals surface area contributed by atoms with Crippen LogP contribution in [-0.4, -0.2) is 48.0 Å². The van der Waals surface area contributed by atoms with Crippen LogP contribution in [0.2, 0.25) is 0 Å². The van der Waals surface area contributed by atoms with Gasteiger partial charge in [-0.25, -0.2) is 0 Å². The van der Waals surface area contributed by atoms with Crippen molar-refractivity contribution >= 4 is 63.1 Å². The zero-order chi connectivity index (χ0) is 24.1. The van der Waals surface area contributed by atoms with E-state index >= 15 is 0 Å². The Labute approximate surface area is 218 Å². The Kier molecular flexibility index (Phi) is 7.79. The average molecular weight is 584 g/mol. The van der Waals surface area contributed by atoms with Crippen molar-refractivity contribution in [3.05, 3.63) is 93.1 Å². The third-order valence-corrected chi connectivity index (χ3v) is 6.92. The number of rotatable bonds is 4. The first kappa shape index (κ1) is 24.2. The zero-order valence-electron chi connectivity index (χ0n) is 18.8. The first-order chi connectivity index (χ1) is 16.4. The predicted molar refractivity (Wildman–Crippen MR) is 149 cm³/mol. The molecule has 1 heterocycles. The molecule has 174 valence electrons. The van der Waals surface area contributed by atoms with Gasteiger partial charge >= 0.3 is 0 Å². The molecule has 0 saturated carbocycles. The number of hydrogen-bond donors (Lipinski definition) is 2. The standard InChI is InChI=1S/C26H25IN4O2S/c1-18-6-2-3-7-21(18)25(33)31-16-14-30(15-17-31)20-12-10-19(11-13-20)28-26(34)29-24(32)22-8-4-5-9-23(22)27/h2-13H,14-17H2,1H3,(H2,28,29,32,34). The quantitative estimate of drug-likeness (QED) is 0.345. The van der Waals surface area contributed by atoms with E-state index in [4.69, 9.17) is 12.2 Å². The van der Waals surface area contributed by atoms with E-state index in [0.29, 0.717) is 18.7 Å². The number of aryl methyl sites for hydroxylation is 1. The number of benzene rings is 3. The topological polar surface area (TPSA) is 64.7 Å². The number of thiocarbonyl (C=S) groups is 1. The van der Waals surface area contributed by atoms with E-state index in [9.17, 15) is 9.59 Å². The van der Waals surface area contributed by atoms with Gasteiger partial charge in [0.15, 0.2) is 5.11 Å². The Bertz CT molecular complexity index is 1210. The summed E-state index contributed by atoms with van der Waals surface area (Å²) in [7, 11) is 0. The molecule has 0 bridgehead atoms. The van der Waals surface area contributed by atoms with Gasteiger partial charge in [0.25, 0.3) is 11.8 Å². The van der Waals surface area contributed by atoms with Crippen LogP contribution in [0.15, 0.2) is 72.8 Å². The van der Waals surface area contributed by atoms with Gasteiger partial charge in [-0.15, -0.1) is 0 Å². The maximum Gasteiger partial charge on any atom is 0.258 e. The summed E-state index contributed by atoms with van der Waals surface area (Å²) in [5, 5.41) is 6.04. The van der Waals surface area contributed by atoms with Gasteiger partial charge in [0.05, 0.1) is 5.56 Å². The molecule has 6 nitrogen and oxygen atoms in total. The smallest absolute Gasteiger partial charge is 0.258 e. The van der Waals surface area contributed by atoms with Crippen LogP contribution in [0.25, 0.3) is 0 Å². The lowest BCUT2D eigenvalue weighted by molar-refractivity contribution is 0.0746. The molecule has 0 unspecified atom stereocenters. The maximum absolute atomic E-state index is 12.9. The van der Waals surface area contributed by atoms with E-state index in [0.717, 1.165) is 39.2 Å². The molecule has 0 radical (unpaired) electrons. The minimum Gasteiger partial charge on any atom is -0.368 e. The highest BCUT2D eigenvalue weighted by Crippen LogP contribution is 2.21. The van der Waals surface area contributed by atoms with Crippen molar-refractivity contribution in [3.8, 4) is 0 Å². The molecule has 2 amide bonds. The van der Waals surface area contributed by atoms with E-state index in [2.05, 4.69) is 38.1 Å². The first-order valence-corrected chi connectivity index (χ1v) is 12.5. The van der Waals surface area contributed by atoms with E-state index < -0.39 is 0 Å². The van der Waals surface area contributed by atoms with Crippen LogP contribution >= 0.6 is 34.8 Å². The predicted octanol–water partition coefficient (Wildman–Crippen LogP) is 4.69. The molecular formula is C26H25IN4O2S. The van der Waals surface area contributed by atoms with Crippen molar-refractivity contribution in [2.45, 2.75) is 6.92 Å². The van der Waals surface area contributed by atoms with Crippen LogP contribution in [-0.2, 0) is 0 Å². The van der Waals surface area contributed by atoms with Crippen molar-refractivity contribution in [3.63, 3.8) is 0 Å². The van der Waals surface area contributed by atoms with Crippen molar-refractivity contribution in [1.82, 2.24) is 10.2 Å². The lowest BCUT2D eigenvalue weighted by Gasteiger charge is -2.36. The molecule has 4 rings (SSSR count). The number of nitrogens with one attached hydrogen (secondary N) is 2. The van der Waals surface area contributed by atoms with Gasteiger partial charge in [0, 0.05) is 46.7 Å². The number of halogens is 1. The Morgan fingerprint density at radius 1 is 0.853 bits per heavy atom. The Balaban J connectivity index is 1.30. The van der Waals surface area contributed by atoms with Crippen molar-refractivity contribution in [2.75, 3.05) is 36.4 Å². The summed E-state index contributed by atoms with van der Waals surface area (Å²) in [5.41, 5.74) is 4.25. The van der Waals surface area contributed by atoms with E-state index in [1.54, 1.807) is 6.07 Å². The van der Waals surface area contributed by atoms with Crippen LogP contribution in [0.5, 0.6) is 0 Å². The second-order valence-corrected chi connectivity index (χ2v) is 9.60. The Hall–Kier alpha value is -2.98. The number of carbonyl (C=O) groups is 2. The molecule has 0 aliphatic carbocycles. The molecule has 0 atom stereocenters. The molecule has 3 aromatic rings. The SMILES string of the molecule is Cc1ccccc1C(=O)N1CCN(c2ccc(NC(=S)NC(=O)c3ccccc3I)cc2)CC1. The normalized spacial score (nSPS) is 13.4. The third-order valence-electron chi connectivity index (χ3n) is 5.78. The van der Waals surface area contributed by atoms with Crippen LogP contribution in [0.4, 0.5) is 11.4 Å². The molecule has 1 saturated heterocycles. The highest BCUT2D eigenvalue weighted by atomic mass is 127. The van der Waals surface area contributed by atoms with Crippen LogP contribution in [0.1, 0.15) is 26.3 Å². The fraction of sp³-hybridized carbons (Fsp3) is 0.192. The summed E-state index contributed by atoms with van der Waals surface area (Å²) in [6, 6.07) is 23.0. The highest BCUT2D eigenvalue weighted by molar-refractivity contribution is 14.1. The molecule has 34 heavy (non-hydrogen) atoms. The first-order valence-electron chi connectivity index (χ1n) is 11.0. The Morgan fingerprint density at radius 2 is 1.47 bits per heavy atom. The van der Waals surface area contributed by atoms with Gasteiger partial charge in [-0.05, 0) is 89.8 Å². The summed E-state index contributed by atoms with van der Waals surface area (Å²) in [6.45, 7) is 4.88. The summed E-state index contributed by atoms with van der Waals surface area (Å²) >= 11 is 7.44. The average Bonchev–Trinajstić information content (AvgIpc) is 2.85. The Morgan fingerprint density at radius 3 is 2.12 bits per heavy atom. The molecule has 0 aromatic heterocycles. The minimum absolute atomic E-state index is 0.0954. The monoisotopic (exact) mass is 584 g/mol. The fourth-order valence-electron chi connectivity index (χ4n) is 3.88.